The third kappa shape index (κ3) is 5.35. The fraction of sp³-hybridized carbons (Fsp3) is 0.474. The molecule has 1 aliphatic rings. The lowest BCUT2D eigenvalue weighted by molar-refractivity contribution is 0.0515. The molecule has 0 aromatic carbocycles. The summed E-state index contributed by atoms with van der Waals surface area (Å²) in [4.78, 5) is 26.3. The highest BCUT2D eigenvalue weighted by Gasteiger charge is 2.26. The van der Waals surface area contributed by atoms with E-state index in [4.69, 9.17) is 9.47 Å². The summed E-state index contributed by atoms with van der Waals surface area (Å²) in [5.74, 6) is 0.291. The molecule has 1 fully saturated rings. The van der Waals surface area contributed by atoms with E-state index in [-0.39, 0.29) is 18.0 Å². The number of nitrogens with zero attached hydrogens (tertiary/aromatic N) is 4. The van der Waals surface area contributed by atoms with Gasteiger partial charge in [-0.2, -0.15) is 0 Å². The van der Waals surface area contributed by atoms with E-state index in [2.05, 4.69) is 28.8 Å². The van der Waals surface area contributed by atoms with Crippen molar-refractivity contribution in [3.63, 3.8) is 0 Å². The number of ether oxygens (including phenoxy) is 2. The summed E-state index contributed by atoms with van der Waals surface area (Å²) in [7, 11) is 0. The molecule has 3 rings (SSSR count). The molecular weight excluding hydrogens is 351 g/mol. The van der Waals surface area contributed by atoms with Crippen molar-refractivity contribution in [2.24, 2.45) is 5.92 Å². The first-order chi connectivity index (χ1) is 13.0. The highest BCUT2D eigenvalue weighted by Crippen LogP contribution is 2.18. The third-order valence-corrected chi connectivity index (χ3v) is 4.08. The van der Waals surface area contributed by atoms with Crippen LogP contribution in [0.1, 0.15) is 37.0 Å². The molecule has 3 heterocycles. The summed E-state index contributed by atoms with van der Waals surface area (Å²) in [6, 6.07) is 3.54. The van der Waals surface area contributed by atoms with Crippen molar-refractivity contribution in [2.45, 2.75) is 32.8 Å². The van der Waals surface area contributed by atoms with Crippen molar-refractivity contribution in [2.75, 3.05) is 19.7 Å². The Balaban J connectivity index is 1.58. The van der Waals surface area contributed by atoms with E-state index in [0.29, 0.717) is 37.1 Å². The maximum Gasteiger partial charge on any atom is 0.316 e. The Labute approximate surface area is 157 Å². The molecule has 2 aromatic rings. The maximum absolute atomic E-state index is 12.9. The van der Waals surface area contributed by atoms with Crippen molar-refractivity contribution in [1.82, 2.24) is 19.9 Å². The minimum Gasteiger partial charge on any atom is -0.477 e. The molecule has 1 aliphatic heterocycles. The Morgan fingerprint density at radius 1 is 1.26 bits per heavy atom. The van der Waals surface area contributed by atoms with Crippen LogP contribution in [0.2, 0.25) is 0 Å². The number of rotatable bonds is 6. The molecular formula is C19H23FN4O3. The zero-order valence-electron chi connectivity index (χ0n) is 15.5. The van der Waals surface area contributed by atoms with Gasteiger partial charge in [0, 0.05) is 18.8 Å². The van der Waals surface area contributed by atoms with Gasteiger partial charge >= 0.3 is 6.01 Å². The summed E-state index contributed by atoms with van der Waals surface area (Å²) >= 11 is 0. The van der Waals surface area contributed by atoms with Gasteiger partial charge in [-0.15, -0.1) is 0 Å². The van der Waals surface area contributed by atoms with Crippen molar-refractivity contribution in [1.29, 1.82) is 0 Å². The first kappa shape index (κ1) is 19.0. The fourth-order valence-corrected chi connectivity index (χ4v) is 2.76. The zero-order valence-corrected chi connectivity index (χ0v) is 15.5. The van der Waals surface area contributed by atoms with E-state index in [0.717, 1.165) is 25.2 Å². The number of carbonyl (C=O) groups excluding carboxylic acids is 1. The Morgan fingerprint density at radius 3 is 2.70 bits per heavy atom. The van der Waals surface area contributed by atoms with Gasteiger partial charge in [-0.1, -0.05) is 13.8 Å². The molecule has 0 radical (unpaired) electrons. The lowest BCUT2D eigenvalue weighted by Gasteiger charge is -2.32. The molecule has 1 saturated heterocycles. The summed E-state index contributed by atoms with van der Waals surface area (Å²) in [6.45, 7) is 5.77. The standard InChI is InChI=1S/C19H23FN4O3/c1-13(2)12-26-17-6-5-14(8-21-17)18(25)24-7-3-4-16(11-24)27-19-22-9-15(20)10-23-19/h5-6,8-10,13,16H,3-4,7,11-12H2,1-2H3. The van der Waals surface area contributed by atoms with E-state index in [1.165, 1.54) is 6.20 Å². The quantitative estimate of drug-likeness (QED) is 0.774. The molecule has 0 aliphatic carbocycles. The van der Waals surface area contributed by atoms with E-state index in [1.807, 2.05) is 0 Å². The van der Waals surface area contributed by atoms with Gasteiger partial charge in [0.25, 0.3) is 5.91 Å². The van der Waals surface area contributed by atoms with Gasteiger partial charge in [-0.05, 0) is 24.8 Å². The molecule has 0 saturated carbocycles. The average Bonchev–Trinajstić information content (AvgIpc) is 2.68. The predicted molar refractivity (Wildman–Crippen MR) is 96.1 cm³/mol. The second kappa shape index (κ2) is 8.75. The number of carbonyl (C=O) groups is 1. The smallest absolute Gasteiger partial charge is 0.316 e. The van der Waals surface area contributed by atoms with Crippen LogP contribution in [-0.2, 0) is 0 Å². The first-order valence-corrected chi connectivity index (χ1v) is 9.03. The molecule has 2 aromatic heterocycles. The van der Waals surface area contributed by atoms with Crippen molar-refractivity contribution in [3.05, 3.63) is 42.1 Å². The van der Waals surface area contributed by atoms with Gasteiger partial charge in [0.2, 0.25) is 5.88 Å². The largest absolute Gasteiger partial charge is 0.477 e. The molecule has 0 N–H and O–H groups in total. The third-order valence-electron chi connectivity index (χ3n) is 4.08. The number of halogens is 1. The van der Waals surface area contributed by atoms with Crippen molar-refractivity contribution >= 4 is 5.91 Å². The van der Waals surface area contributed by atoms with Gasteiger partial charge < -0.3 is 14.4 Å². The number of likely N-dealkylation sites (tertiary alicyclic amines) is 1. The molecule has 27 heavy (non-hydrogen) atoms. The van der Waals surface area contributed by atoms with Crippen molar-refractivity contribution in [3.8, 4) is 11.9 Å². The van der Waals surface area contributed by atoms with Gasteiger partial charge in [-0.3, -0.25) is 4.79 Å². The highest BCUT2D eigenvalue weighted by molar-refractivity contribution is 5.94. The number of piperidine rings is 1. The summed E-state index contributed by atoms with van der Waals surface area (Å²) in [5, 5.41) is 0. The van der Waals surface area contributed by atoms with Crippen molar-refractivity contribution < 1.29 is 18.7 Å². The molecule has 0 spiro atoms. The monoisotopic (exact) mass is 374 g/mol. The normalized spacial score (nSPS) is 17.0. The molecule has 7 nitrogen and oxygen atoms in total. The zero-order chi connectivity index (χ0) is 19.2. The van der Waals surface area contributed by atoms with E-state index >= 15 is 0 Å². The summed E-state index contributed by atoms with van der Waals surface area (Å²) in [5.41, 5.74) is 0.505. The van der Waals surface area contributed by atoms with Crippen LogP contribution in [0.25, 0.3) is 0 Å². The Kier molecular flexibility index (Phi) is 6.16. The number of amides is 1. The Bertz CT molecular complexity index is 753. The molecule has 1 amide bonds. The first-order valence-electron chi connectivity index (χ1n) is 9.03. The lowest BCUT2D eigenvalue weighted by Crippen LogP contribution is -2.44. The molecule has 0 bridgehead atoms. The van der Waals surface area contributed by atoms with Crippen LogP contribution >= 0.6 is 0 Å². The maximum atomic E-state index is 12.9. The SMILES string of the molecule is CC(C)COc1ccc(C(=O)N2CCCC(Oc3ncc(F)cn3)C2)cn1. The van der Waals surface area contributed by atoms with E-state index in [9.17, 15) is 9.18 Å². The Hall–Kier alpha value is -2.77. The second-order valence-electron chi connectivity index (χ2n) is 6.91. The summed E-state index contributed by atoms with van der Waals surface area (Å²) in [6.07, 6.45) is 5.01. The average molecular weight is 374 g/mol. The fourth-order valence-electron chi connectivity index (χ4n) is 2.76. The van der Waals surface area contributed by atoms with Crippen LogP contribution in [0.4, 0.5) is 4.39 Å². The number of hydrogen-bond acceptors (Lipinski definition) is 6. The highest BCUT2D eigenvalue weighted by atomic mass is 19.1. The van der Waals surface area contributed by atoms with Crippen LogP contribution in [-0.4, -0.2) is 51.6 Å². The molecule has 1 unspecified atom stereocenters. The van der Waals surface area contributed by atoms with Gasteiger partial charge in [-0.25, -0.2) is 19.3 Å². The minimum absolute atomic E-state index is 0.105. The molecule has 1 atom stereocenters. The van der Waals surface area contributed by atoms with Crippen LogP contribution in [0.15, 0.2) is 30.7 Å². The minimum atomic E-state index is -0.517. The van der Waals surface area contributed by atoms with Crippen LogP contribution < -0.4 is 9.47 Å². The number of pyridine rings is 1. The molecule has 8 heteroatoms. The van der Waals surface area contributed by atoms with Gasteiger partial charge in [0.05, 0.1) is 31.1 Å². The van der Waals surface area contributed by atoms with Gasteiger partial charge in [0.15, 0.2) is 5.82 Å². The number of aromatic nitrogens is 3. The van der Waals surface area contributed by atoms with E-state index < -0.39 is 5.82 Å². The summed E-state index contributed by atoms with van der Waals surface area (Å²) < 4.78 is 24.1. The van der Waals surface area contributed by atoms with Crippen LogP contribution in [0.3, 0.4) is 0 Å². The lowest BCUT2D eigenvalue weighted by atomic mass is 10.1. The van der Waals surface area contributed by atoms with Gasteiger partial charge in [0.1, 0.15) is 6.10 Å². The van der Waals surface area contributed by atoms with E-state index in [1.54, 1.807) is 17.0 Å². The topological polar surface area (TPSA) is 77.4 Å². The predicted octanol–water partition coefficient (Wildman–Crippen LogP) is 2.73. The number of hydrogen-bond donors (Lipinski definition) is 0. The van der Waals surface area contributed by atoms with Crippen LogP contribution in [0, 0.1) is 11.7 Å². The molecule has 144 valence electrons. The second-order valence-corrected chi connectivity index (χ2v) is 6.91. The van der Waals surface area contributed by atoms with Crippen LogP contribution in [0.5, 0.6) is 11.9 Å². The Morgan fingerprint density at radius 2 is 2.04 bits per heavy atom.